The lowest BCUT2D eigenvalue weighted by molar-refractivity contribution is -0.129. The Hall–Kier alpha value is -0.670. The quantitative estimate of drug-likeness (QED) is 0.664. The third-order valence-electron chi connectivity index (χ3n) is 2.58. The van der Waals surface area contributed by atoms with Crippen molar-refractivity contribution in [2.45, 2.75) is 18.1 Å². The number of carbonyl (C=O) groups excluding carboxylic acids is 1. The fourth-order valence-electron chi connectivity index (χ4n) is 1.75. The van der Waals surface area contributed by atoms with E-state index in [-0.39, 0.29) is 6.54 Å². The van der Waals surface area contributed by atoms with Crippen molar-refractivity contribution in [1.29, 1.82) is 0 Å². The summed E-state index contributed by atoms with van der Waals surface area (Å²) in [5.74, 6) is -1.16. The van der Waals surface area contributed by atoms with Crippen molar-refractivity contribution in [2.75, 3.05) is 25.1 Å². The maximum atomic E-state index is 11.6. The molecule has 1 aliphatic heterocycles. The van der Waals surface area contributed by atoms with Gasteiger partial charge in [-0.2, -0.15) is 0 Å². The molecule has 1 rings (SSSR count). The highest BCUT2D eigenvalue weighted by atomic mass is 32.2. The molecule has 1 unspecified atom stereocenters. The van der Waals surface area contributed by atoms with Crippen molar-refractivity contribution < 1.29 is 21.6 Å². The average molecular weight is 284 g/mol. The molecule has 7 nitrogen and oxygen atoms in total. The molecule has 100 valence electrons. The van der Waals surface area contributed by atoms with Crippen LogP contribution in [0.2, 0.25) is 0 Å². The van der Waals surface area contributed by atoms with Gasteiger partial charge in [-0.15, -0.1) is 0 Å². The average Bonchev–Trinajstić information content (AvgIpc) is 2.14. The molecule has 0 radical (unpaired) electrons. The Morgan fingerprint density at radius 1 is 1.35 bits per heavy atom. The predicted molar refractivity (Wildman–Crippen MR) is 62.4 cm³/mol. The standard InChI is InChI=1S/C8H16N2O5S2/c1-16(12,13)6-8(11)10-4-2-3-7(5-10)17(9,14)15/h7H,2-6H2,1H3,(H2,9,14,15). The zero-order valence-electron chi connectivity index (χ0n) is 9.50. The number of sulfonamides is 1. The predicted octanol–water partition coefficient (Wildman–Crippen LogP) is -1.69. The lowest BCUT2D eigenvalue weighted by Crippen LogP contribution is -2.48. The van der Waals surface area contributed by atoms with E-state index >= 15 is 0 Å². The van der Waals surface area contributed by atoms with E-state index in [0.29, 0.717) is 19.4 Å². The molecule has 1 aliphatic rings. The normalized spacial score (nSPS) is 22.5. The van der Waals surface area contributed by atoms with Gasteiger partial charge in [-0.1, -0.05) is 0 Å². The number of nitrogens with zero attached hydrogens (tertiary/aromatic N) is 1. The van der Waals surface area contributed by atoms with E-state index in [1.165, 1.54) is 4.90 Å². The fraction of sp³-hybridized carbons (Fsp3) is 0.875. The van der Waals surface area contributed by atoms with E-state index in [4.69, 9.17) is 5.14 Å². The lowest BCUT2D eigenvalue weighted by atomic mass is 10.1. The van der Waals surface area contributed by atoms with Gasteiger partial charge in [-0.05, 0) is 12.8 Å². The summed E-state index contributed by atoms with van der Waals surface area (Å²) in [6, 6.07) is 0. The van der Waals surface area contributed by atoms with Gasteiger partial charge in [0.15, 0.2) is 9.84 Å². The van der Waals surface area contributed by atoms with Gasteiger partial charge in [-0.25, -0.2) is 22.0 Å². The molecular formula is C8H16N2O5S2. The van der Waals surface area contributed by atoms with Gasteiger partial charge in [0.25, 0.3) is 0 Å². The summed E-state index contributed by atoms with van der Waals surface area (Å²) in [7, 11) is -7.08. The highest BCUT2D eigenvalue weighted by molar-refractivity contribution is 7.91. The first kappa shape index (κ1) is 14.4. The van der Waals surface area contributed by atoms with Crippen LogP contribution in [0.3, 0.4) is 0 Å². The number of piperidine rings is 1. The summed E-state index contributed by atoms with van der Waals surface area (Å²) in [6.07, 6.45) is 1.88. The van der Waals surface area contributed by atoms with Crippen molar-refractivity contribution >= 4 is 25.8 Å². The van der Waals surface area contributed by atoms with Crippen LogP contribution >= 0.6 is 0 Å². The molecule has 17 heavy (non-hydrogen) atoms. The third-order valence-corrected chi connectivity index (χ3v) is 4.67. The molecule has 0 bridgehead atoms. The second-order valence-corrected chi connectivity index (χ2v) is 8.25. The van der Waals surface area contributed by atoms with Gasteiger partial charge in [0.05, 0.1) is 5.25 Å². The van der Waals surface area contributed by atoms with E-state index in [9.17, 15) is 21.6 Å². The molecule has 1 heterocycles. The van der Waals surface area contributed by atoms with Crippen LogP contribution in [0.5, 0.6) is 0 Å². The molecular weight excluding hydrogens is 268 g/mol. The number of hydrogen-bond donors (Lipinski definition) is 1. The number of hydrogen-bond acceptors (Lipinski definition) is 5. The Kier molecular flexibility index (Phi) is 4.15. The number of likely N-dealkylation sites (tertiary alicyclic amines) is 1. The first-order chi connectivity index (χ1) is 7.59. The molecule has 1 atom stereocenters. The summed E-state index contributed by atoms with van der Waals surface area (Å²) in [6.45, 7) is 0.355. The van der Waals surface area contributed by atoms with Gasteiger partial charge in [0, 0.05) is 19.3 Å². The largest absolute Gasteiger partial charge is 0.340 e. The second-order valence-electron chi connectivity index (χ2n) is 4.26. The van der Waals surface area contributed by atoms with Crippen LogP contribution in [-0.4, -0.2) is 58.0 Å². The van der Waals surface area contributed by atoms with Gasteiger partial charge in [0.1, 0.15) is 5.75 Å². The van der Waals surface area contributed by atoms with Crippen LogP contribution in [0.15, 0.2) is 0 Å². The van der Waals surface area contributed by atoms with Gasteiger partial charge in [-0.3, -0.25) is 4.79 Å². The Morgan fingerprint density at radius 2 is 1.94 bits per heavy atom. The number of rotatable bonds is 3. The third kappa shape index (κ3) is 4.60. The number of amides is 1. The summed E-state index contributed by atoms with van der Waals surface area (Å²) >= 11 is 0. The molecule has 0 saturated carbocycles. The SMILES string of the molecule is CS(=O)(=O)CC(=O)N1CCCC(S(N)(=O)=O)C1. The van der Waals surface area contributed by atoms with E-state index in [1.54, 1.807) is 0 Å². The van der Waals surface area contributed by atoms with Gasteiger partial charge >= 0.3 is 0 Å². The smallest absolute Gasteiger partial charge is 0.237 e. The van der Waals surface area contributed by atoms with Crippen LogP contribution in [0.25, 0.3) is 0 Å². The number of nitrogens with two attached hydrogens (primary N) is 1. The Morgan fingerprint density at radius 3 is 2.41 bits per heavy atom. The van der Waals surface area contributed by atoms with Crippen LogP contribution in [0.1, 0.15) is 12.8 Å². The van der Waals surface area contributed by atoms with Crippen LogP contribution in [0, 0.1) is 0 Å². The van der Waals surface area contributed by atoms with Crippen molar-refractivity contribution in [2.24, 2.45) is 5.14 Å². The first-order valence-electron chi connectivity index (χ1n) is 5.07. The Labute approximate surface area is 101 Å². The Bertz CT molecular complexity index is 496. The van der Waals surface area contributed by atoms with Crippen LogP contribution in [0.4, 0.5) is 0 Å². The minimum absolute atomic E-state index is 0.0206. The second kappa shape index (κ2) is 4.91. The molecule has 1 saturated heterocycles. The molecule has 0 aromatic carbocycles. The lowest BCUT2D eigenvalue weighted by Gasteiger charge is -2.31. The van der Waals surface area contributed by atoms with Crippen molar-refractivity contribution in [3.05, 3.63) is 0 Å². The monoisotopic (exact) mass is 284 g/mol. The number of carbonyl (C=O) groups is 1. The summed E-state index contributed by atoms with van der Waals surface area (Å²) in [5.41, 5.74) is 0. The number of sulfone groups is 1. The summed E-state index contributed by atoms with van der Waals surface area (Å²) < 4.78 is 44.3. The summed E-state index contributed by atoms with van der Waals surface area (Å²) in [5, 5.41) is 4.22. The first-order valence-corrected chi connectivity index (χ1v) is 8.74. The highest BCUT2D eigenvalue weighted by Crippen LogP contribution is 2.15. The maximum absolute atomic E-state index is 11.6. The maximum Gasteiger partial charge on any atom is 0.237 e. The van der Waals surface area contributed by atoms with Crippen molar-refractivity contribution in [3.8, 4) is 0 Å². The molecule has 1 amide bonds. The molecule has 0 aromatic heterocycles. The van der Waals surface area contributed by atoms with E-state index in [2.05, 4.69) is 0 Å². The topological polar surface area (TPSA) is 115 Å². The minimum atomic E-state index is -3.68. The number of primary sulfonamides is 1. The molecule has 1 fully saturated rings. The van der Waals surface area contributed by atoms with Crippen LogP contribution in [-0.2, 0) is 24.7 Å². The van der Waals surface area contributed by atoms with Crippen molar-refractivity contribution in [3.63, 3.8) is 0 Å². The molecule has 9 heteroatoms. The fourth-order valence-corrected chi connectivity index (χ4v) is 3.26. The van der Waals surface area contributed by atoms with Crippen molar-refractivity contribution in [1.82, 2.24) is 4.90 Å². The minimum Gasteiger partial charge on any atom is -0.340 e. The zero-order valence-corrected chi connectivity index (χ0v) is 11.1. The highest BCUT2D eigenvalue weighted by Gasteiger charge is 2.31. The molecule has 0 spiro atoms. The van der Waals surface area contributed by atoms with E-state index in [0.717, 1.165) is 6.26 Å². The molecule has 0 aromatic rings. The Balaban J connectivity index is 2.71. The van der Waals surface area contributed by atoms with Crippen LogP contribution < -0.4 is 5.14 Å². The molecule has 2 N–H and O–H groups in total. The van der Waals surface area contributed by atoms with Gasteiger partial charge in [0.2, 0.25) is 15.9 Å². The van der Waals surface area contributed by atoms with E-state index < -0.39 is 36.8 Å². The molecule has 0 aliphatic carbocycles. The zero-order chi connectivity index (χ0) is 13.3. The summed E-state index contributed by atoms with van der Waals surface area (Å²) in [4.78, 5) is 12.8. The van der Waals surface area contributed by atoms with Gasteiger partial charge < -0.3 is 4.90 Å². The van der Waals surface area contributed by atoms with E-state index in [1.807, 2.05) is 0 Å².